The molecule has 6 heteroatoms. The van der Waals surface area contributed by atoms with Crippen LogP contribution in [0.5, 0.6) is 0 Å². The normalized spacial score (nSPS) is 10.1. The van der Waals surface area contributed by atoms with Crippen LogP contribution in [0.15, 0.2) is 6.20 Å². The average Bonchev–Trinajstić information content (AvgIpc) is 2.67. The Labute approximate surface area is 100.0 Å². The maximum atomic E-state index is 11.6. The van der Waals surface area contributed by atoms with Gasteiger partial charge in [0, 0.05) is 6.54 Å². The van der Waals surface area contributed by atoms with Crippen molar-refractivity contribution >= 4 is 11.9 Å². The molecule has 0 spiro atoms. The van der Waals surface area contributed by atoms with Crippen molar-refractivity contribution in [3.8, 4) is 0 Å². The molecule has 0 aliphatic heterocycles. The molecule has 0 fully saturated rings. The van der Waals surface area contributed by atoms with Gasteiger partial charge in [0.1, 0.15) is 18.1 Å². The molecule has 0 saturated heterocycles. The highest BCUT2D eigenvalue weighted by molar-refractivity contribution is 5.88. The van der Waals surface area contributed by atoms with Crippen LogP contribution in [0.3, 0.4) is 0 Å². The topological polar surface area (TPSA) is 73.2 Å². The van der Waals surface area contributed by atoms with Crippen molar-refractivity contribution in [2.24, 2.45) is 0 Å². The molecule has 1 amide bonds. The molecular formula is C11H17N3O3. The van der Waals surface area contributed by atoms with Crippen LogP contribution in [0.1, 0.15) is 29.7 Å². The Morgan fingerprint density at radius 1 is 1.53 bits per heavy atom. The second kappa shape index (κ2) is 6.03. The molecule has 1 aromatic rings. The van der Waals surface area contributed by atoms with Crippen LogP contribution in [0.25, 0.3) is 0 Å². The third-order valence-electron chi connectivity index (χ3n) is 2.32. The smallest absolute Gasteiger partial charge is 0.356 e. The minimum absolute atomic E-state index is 0.0796. The maximum Gasteiger partial charge on any atom is 0.356 e. The standard InChI is InChI=1S/C11H17N3O3/c1-4-5-12-10(15)7-14-8(2)13-6-9(14)11(16)17-3/h6H,4-5,7H2,1-3H3,(H,12,15). The molecule has 0 radical (unpaired) electrons. The van der Waals surface area contributed by atoms with Crippen LogP contribution >= 0.6 is 0 Å². The fourth-order valence-corrected chi connectivity index (χ4v) is 1.40. The summed E-state index contributed by atoms with van der Waals surface area (Å²) >= 11 is 0. The lowest BCUT2D eigenvalue weighted by Crippen LogP contribution is -2.29. The number of carbonyl (C=O) groups is 2. The number of nitrogens with zero attached hydrogens (tertiary/aromatic N) is 2. The summed E-state index contributed by atoms with van der Waals surface area (Å²) in [5.41, 5.74) is 0.289. The lowest BCUT2D eigenvalue weighted by Gasteiger charge is -2.09. The number of esters is 1. The zero-order valence-electron chi connectivity index (χ0n) is 10.3. The Kier molecular flexibility index (Phi) is 4.68. The van der Waals surface area contributed by atoms with Gasteiger partial charge in [-0.15, -0.1) is 0 Å². The van der Waals surface area contributed by atoms with Gasteiger partial charge in [0.05, 0.1) is 13.3 Å². The summed E-state index contributed by atoms with van der Waals surface area (Å²) in [7, 11) is 1.30. The van der Waals surface area contributed by atoms with Crippen molar-refractivity contribution < 1.29 is 14.3 Å². The Hall–Kier alpha value is -1.85. The Balaban J connectivity index is 2.79. The second-order valence-electron chi connectivity index (χ2n) is 3.62. The van der Waals surface area contributed by atoms with Crippen molar-refractivity contribution in [3.63, 3.8) is 0 Å². The molecule has 0 aliphatic rings. The van der Waals surface area contributed by atoms with E-state index in [1.165, 1.54) is 17.9 Å². The van der Waals surface area contributed by atoms with Gasteiger partial charge in [0.15, 0.2) is 0 Å². The summed E-state index contributed by atoms with van der Waals surface area (Å²) in [5.74, 6) is -0.0240. The second-order valence-corrected chi connectivity index (χ2v) is 3.62. The molecule has 1 heterocycles. The predicted molar refractivity (Wildman–Crippen MR) is 61.6 cm³/mol. The van der Waals surface area contributed by atoms with Gasteiger partial charge in [0.25, 0.3) is 0 Å². The minimum Gasteiger partial charge on any atom is -0.464 e. The first kappa shape index (κ1) is 13.2. The monoisotopic (exact) mass is 239 g/mol. The Bertz CT molecular complexity index is 412. The van der Waals surface area contributed by atoms with E-state index in [0.717, 1.165) is 6.42 Å². The number of aromatic nitrogens is 2. The summed E-state index contributed by atoms with van der Waals surface area (Å²) in [6.07, 6.45) is 2.28. The zero-order valence-corrected chi connectivity index (χ0v) is 10.3. The number of aryl methyl sites for hydroxylation is 1. The average molecular weight is 239 g/mol. The van der Waals surface area contributed by atoms with E-state index in [-0.39, 0.29) is 18.1 Å². The van der Waals surface area contributed by atoms with Crippen molar-refractivity contribution in [2.45, 2.75) is 26.8 Å². The van der Waals surface area contributed by atoms with Crippen LogP contribution in [0, 0.1) is 6.92 Å². The fourth-order valence-electron chi connectivity index (χ4n) is 1.40. The number of rotatable bonds is 5. The lowest BCUT2D eigenvalue weighted by molar-refractivity contribution is -0.121. The number of imidazole rings is 1. The van der Waals surface area contributed by atoms with Gasteiger partial charge in [-0.3, -0.25) is 4.79 Å². The number of ether oxygens (including phenoxy) is 1. The summed E-state index contributed by atoms with van der Waals surface area (Å²) in [6, 6.07) is 0. The quantitative estimate of drug-likeness (QED) is 0.759. The SMILES string of the molecule is CCCNC(=O)Cn1c(C(=O)OC)cnc1C. The molecule has 6 nitrogen and oxygen atoms in total. The maximum absolute atomic E-state index is 11.6. The highest BCUT2D eigenvalue weighted by Crippen LogP contribution is 2.06. The van der Waals surface area contributed by atoms with Gasteiger partial charge in [-0.05, 0) is 13.3 Å². The number of amides is 1. The highest BCUT2D eigenvalue weighted by Gasteiger charge is 2.16. The van der Waals surface area contributed by atoms with E-state index in [1.54, 1.807) is 6.92 Å². The van der Waals surface area contributed by atoms with Crippen molar-refractivity contribution in [2.75, 3.05) is 13.7 Å². The predicted octanol–water partition coefficient (Wildman–Crippen LogP) is 0.504. The molecular weight excluding hydrogens is 222 g/mol. The van der Waals surface area contributed by atoms with Crippen molar-refractivity contribution in [3.05, 3.63) is 17.7 Å². The van der Waals surface area contributed by atoms with Crippen molar-refractivity contribution in [1.29, 1.82) is 0 Å². The summed E-state index contributed by atoms with van der Waals surface area (Å²) < 4.78 is 6.16. The molecule has 0 atom stereocenters. The van der Waals surface area contributed by atoms with Crippen molar-refractivity contribution in [1.82, 2.24) is 14.9 Å². The van der Waals surface area contributed by atoms with E-state index in [0.29, 0.717) is 12.4 Å². The largest absolute Gasteiger partial charge is 0.464 e. The summed E-state index contributed by atoms with van der Waals surface area (Å²) in [4.78, 5) is 27.0. The molecule has 0 unspecified atom stereocenters. The highest BCUT2D eigenvalue weighted by atomic mass is 16.5. The Morgan fingerprint density at radius 3 is 2.82 bits per heavy atom. The number of carbonyl (C=O) groups excluding carboxylic acids is 2. The van der Waals surface area contributed by atoms with Crippen LogP contribution in [0.2, 0.25) is 0 Å². The zero-order chi connectivity index (χ0) is 12.8. The van der Waals surface area contributed by atoms with E-state index in [4.69, 9.17) is 0 Å². The van der Waals surface area contributed by atoms with Crippen LogP contribution in [-0.2, 0) is 16.1 Å². The number of hydrogen-bond acceptors (Lipinski definition) is 4. The van der Waals surface area contributed by atoms with E-state index >= 15 is 0 Å². The molecule has 0 aliphatic carbocycles. The van der Waals surface area contributed by atoms with Gasteiger partial charge in [-0.1, -0.05) is 6.92 Å². The third-order valence-corrected chi connectivity index (χ3v) is 2.32. The molecule has 1 rings (SSSR count). The van der Waals surface area contributed by atoms with E-state index in [9.17, 15) is 9.59 Å². The fraction of sp³-hybridized carbons (Fsp3) is 0.545. The summed E-state index contributed by atoms with van der Waals surface area (Å²) in [5, 5.41) is 2.74. The van der Waals surface area contributed by atoms with Gasteiger partial charge in [0.2, 0.25) is 5.91 Å². The first-order valence-corrected chi connectivity index (χ1v) is 5.47. The summed E-state index contributed by atoms with van der Waals surface area (Å²) in [6.45, 7) is 4.42. The van der Waals surface area contributed by atoms with Crippen LogP contribution in [0.4, 0.5) is 0 Å². The first-order chi connectivity index (χ1) is 8.10. The van der Waals surface area contributed by atoms with E-state index < -0.39 is 5.97 Å². The molecule has 94 valence electrons. The van der Waals surface area contributed by atoms with Gasteiger partial charge >= 0.3 is 5.97 Å². The molecule has 1 aromatic heterocycles. The first-order valence-electron chi connectivity index (χ1n) is 5.47. The Morgan fingerprint density at radius 2 is 2.24 bits per heavy atom. The van der Waals surface area contributed by atoms with Crippen LogP contribution < -0.4 is 5.32 Å². The van der Waals surface area contributed by atoms with Crippen LogP contribution in [-0.4, -0.2) is 35.1 Å². The third kappa shape index (κ3) is 3.30. The molecule has 17 heavy (non-hydrogen) atoms. The number of hydrogen-bond donors (Lipinski definition) is 1. The van der Waals surface area contributed by atoms with Gasteiger partial charge in [-0.2, -0.15) is 0 Å². The number of nitrogens with one attached hydrogen (secondary N) is 1. The lowest BCUT2D eigenvalue weighted by atomic mass is 10.4. The van der Waals surface area contributed by atoms with E-state index in [2.05, 4.69) is 15.0 Å². The van der Waals surface area contributed by atoms with E-state index in [1.807, 2.05) is 6.92 Å². The van der Waals surface area contributed by atoms with Gasteiger partial charge < -0.3 is 14.6 Å². The number of methoxy groups -OCH3 is 1. The minimum atomic E-state index is -0.492. The molecule has 0 aromatic carbocycles. The van der Waals surface area contributed by atoms with Gasteiger partial charge in [-0.25, -0.2) is 9.78 Å². The molecule has 0 bridgehead atoms. The molecule has 1 N–H and O–H groups in total. The molecule has 0 saturated carbocycles.